The van der Waals surface area contributed by atoms with Crippen LogP contribution in [-0.2, 0) is 4.74 Å². The minimum atomic E-state index is 0.0793. The molecule has 0 aliphatic carbocycles. The van der Waals surface area contributed by atoms with Crippen LogP contribution in [0.2, 0.25) is 0 Å². The molecule has 0 saturated carbocycles. The van der Waals surface area contributed by atoms with Gasteiger partial charge in [0, 0.05) is 0 Å². The zero-order valence-corrected chi connectivity index (χ0v) is 7.86. The van der Waals surface area contributed by atoms with Gasteiger partial charge in [0.1, 0.15) is 6.61 Å². The van der Waals surface area contributed by atoms with Crippen molar-refractivity contribution in [3.8, 4) is 11.5 Å². The molecule has 2 rings (SSSR count). The molecule has 1 aliphatic rings. The summed E-state index contributed by atoms with van der Waals surface area (Å²) in [5, 5.41) is 9.76. The van der Waals surface area contributed by atoms with Crippen LogP contribution < -0.4 is 4.74 Å². The first-order chi connectivity index (χ1) is 6.83. The van der Waals surface area contributed by atoms with Gasteiger partial charge in [0.2, 0.25) is 5.90 Å². The molecule has 0 saturated heterocycles. The number of aliphatic imine (C=N–C) groups is 1. The molecule has 1 aromatic rings. The van der Waals surface area contributed by atoms with E-state index in [2.05, 4.69) is 4.99 Å². The SMILES string of the molecule is COc1cccc(C2=NCCO2)c1O. The predicted molar refractivity (Wildman–Crippen MR) is 52.0 cm³/mol. The lowest BCUT2D eigenvalue weighted by Gasteiger charge is -2.07. The highest BCUT2D eigenvalue weighted by molar-refractivity contribution is 5.98. The van der Waals surface area contributed by atoms with Crippen molar-refractivity contribution >= 4 is 5.90 Å². The number of hydrogen-bond donors (Lipinski definition) is 1. The van der Waals surface area contributed by atoms with Gasteiger partial charge in [0.05, 0.1) is 19.2 Å². The Morgan fingerprint density at radius 1 is 1.50 bits per heavy atom. The Labute approximate surface area is 81.8 Å². The van der Waals surface area contributed by atoms with Crippen molar-refractivity contribution in [3.63, 3.8) is 0 Å². The van der Waals surface area contributed by atoms with Gasteiger partial charge in [-0.25, -0.2) is 4.99 Å². The zero-order chi connectivity index (χ0) is 9.97. The van der Waals surface area contributed by atoms with E-state index in [4.69, 9.17) is 9.47 Å². The summed E-state index contributed by atoms with van der Waals surface area (Å²) in [5.74, 6) is 0.998. The number of phenols is 1. The van der Waals surface area contributed by atoms with Crippen LogP contribution in [-0.4, -0.2) is 31.3 Å². The number of benzene rings is 1. The van der Waals surface area contributed by atoms with Gasteiger partial charge in [-0.05, 0) is 12.1 Å². The third kappa shape index (κ3) is 1.39. The van der Waals surface area contributed by atoms with Gasteiger partial charge in [0.15, 0.2) is 11.5 Å². The maximum atomic E-state index is 9.76. The van der Waals surface area contributed by atoms with Crippen molar-refractivity contribution in [2.24, 2.45) is 4.99 Å². The molecule has 0 atom stereocenters. The number of phenolic OH excluding ortho intramolecular Hbond substituents is 1. The maximum absolute atomic E-state index is 9.76. The van der Waals surface area contributed by atoms with Crippen molar-refractivity contribution in [2.45, 2.75) is 0 Å². The van der Waals surface area contributed by atoms with Crippen molar-refractivity contribution in [2.75, 3.05) is 20.3 Å². The van der Waals surface area contributed by atoms with E-state index in [1.54, 1.807) is 18.2 Å². The van der Waals surface area contributed by atoms with E-state index in [0.29, 0.717) is 30.4 Å². The van der Waals surface area contributed by atoms with E-state index in [9.17, 15) is 5.11 Å². The van der Waals surface area contributed by atoms with Gasteiger partial charge in [-0.3, -0.25) is 0 Å². The Morgan fingerprint density at radius 2 is 2.36 bits per heavy atom. The monoisotopic (exact) mass is 193 g/mol. The summed E-state index contributed by atoms with van der Waals surface area (Å²) in [6.07, 6.45) is 0. The van der Waals surface area contributed by atoms with Gasteiger partial charge in [0.25, 0.3) is 0 Å². The van der Waals surface area contributed by atoms with Crippen LogP contribution in [0.4, 0.5) is 0 Å². The lowest BCUT2D eigenvalue weighted by atomic mass is 10.2. The Morgan fingerprint density at radius 3 is 3.00 bits per heavy atom. The number of ether oxygens (including phenoxy) is 2. The molecule has 0 aromatic heterocycles. The summed E-state index contributed by atoms with van der Waals surface area (Å²) in [4.78, 5) is 4.12. The van der Waals surface area contributed by atoms with E-state index in [1.807, 2.05) is 0 Å². The summed E-state index contributed by atoms with van der Waals surface area (Å²) in [7, 11) is 1.51. The first-order valence-electron chi connectivity index (χ1n) is 4.36. The number of methoxy groups -OCH3 is 1. The van der Waals surface area contributed by atoms with Crippen LogP contribution in [0.5, 0.6) is 11.5 Å². The molecule has 0 bridgehead atoms. The fourth-order valence-electron chi connectivity index (χ4n) is 1.36. The van der Waals surface area contributed by atoms with E-state index >= 15 is 0 Å². The largest absolute Gasteiger partial charge is 0.504 e. The lowest BCUT2D eigenvalue weighted by molar-refractivity contribution is 0.343. The summed E-state index contributed by atoms with van der Waals surface area (Å²) in [5.41, 5.74) is 0.585. The lowest BCUT2D eigenvalue weighted by Crippen LogP contribution is -2.02. The molecule has 0 unspecified atom stereocenters. The second-order valence-corrected chi connectivity index (χ2v) is 2.89. The fourth-order valence-corrected chi connectivity index (χ4v) is 1.36. The Bertz CT molecular complexity index is 374. The molecular weight excluding hydrogens is 182 g/mol. The molecule has 0 radical (unpaired) electrons. The summed E-state index contributed by atoms with van der Waals surface area (Å²) in [6, 6.07) is 5.23. The maximum Gasteiger partial charge on any atom is 0.220 e. The minimum Gasteiger partial charge on any atom is -0.504 e. The highest BCUT2D eigenvalue weighted by Gasteiger charge is 2.16. The topological polar surface area (TPSA) is 51.0 Å². The smallest absolute Gasteiger partial charge is 0.220 e. The highest BCUT2D eigenvalue weighted by atomic mass is 16.5. The van der Waals surface area contributed by atoms with Crippen molar-refractivity contribution in [1.82, 2.24) is 0 Å². The Balaban J connectivity index is 2.42. The van der Waals surface area contributed by atoms with Crippen molar-refractivity contribution < 1.29 is 14.6 Å². The van der Waals surface area contributed by atoms with Crippen molar-refractivity contribution in [3.05, 3.63) is 23.8 Å². The summed E-state index contributed by atoms with van der Waals surface area (Å²) in [6.45, 7) is 1.22. The summed E-state index contributed by atoms with van der Waals surface area (Å²) >= 11 is 0. The molecule has 74 valence electrons. The Hall–Kier alpha value is -1.71. The molecule has 0 amide bonds. The number of rotatable bonds is 2. The second kappa shape index (κ2) is 3.57. The van der Waals surface area contributed by atoms with Crippen LogP contribution in [0, 0.1) is 0 Å². The number of para-hydroxylation sites is 1. The highest BCUT2D eigenvalue weighted by Crippen LogP contribution is 2.30. The van der Waals surface area contributed by atoms with Crippen molar-refractivity contribution in [1.29, 1.82) is 0 Å². The van der Waals surface area contributed by atoms with Gasteiger partial charge in [-0.2, -0.15) is 0 Å². The molecule has 0 fully saturated rings. The molecule has 1 aromatic carbocycles. The third-order valence-corrected chi connectivity index (χ3v) is 2.03. The zero-order valence-electron chi connectivity index (χ0n) is 7.86. The standard InChI is InChI=1S/C10H11NO3/c1-13-8-4-2-3-7(9(8)12)10-11-5-6-14-10/h2-4,12H,5-6H2,1H3. The molecule has 4 nitrogen and oxygen atoms in total. The van der Waals surface area contributed by atoms with E-state index < -0.39 is 0 Å². The van der Waals surface area contributed by atoms with E-state index in [-0.39, 0.29) is 5.75 Å². The third-order valence-electron chi connectivity index (χ3n) is 2.03. The van der Waals surface area contributed by atoms with Crippen LogP contribution in [0.3, 0.4) is 0 Å². The molecule has 1 heterocycles. The van der Waals surface area contributed by atoms with Crippen LogP contribution in [0.15, 0.2) is 23.2 Å². The molecule has 1 N–H and O–H groups in total. The number of hydrogen-bond acceptors (Lipinski definition) is 4. The first-order valence-corrected chi connectivity index (χ1v) is 4.36. The van der Waals surface area contributed by atoms with Gasteiger partial charge < -0.3 is 14.6 Å². The fraction of sp³-hybridized carbons (Fsp3) is 0.300. The molecule has 14 heavy (non-hydrogen) atoms. The second-order valence-electron chi connectivity index (χ2n) is 2.89. The van der Waals surface area contributed by atoms with Gasteiger partial charge in [-0.1, -0.05) is 6.07 Å². The number of nitrogens with zero attached hydrogens (tertiary/aromatic N) is 1. The minimum absolute atomic E-state index is 0.0793. The molecule has 1 aliphatic heterocycles. The van der Waals surface area contributed by atoms with E-state index in [0.717, 1.165) is 0 Å². The number of aromatic hydroxyl groups is 1. The van der Waals surface area contributed by atoms with Crippen LogP contribution >= 0.6 is 0 Å². The quantitative estimate of drug-likeness (QED) is 0.767. The normalized spacial score (nSPS) is 14.8. The summed E-state index contributed by atoms with van der Waals surface area (Å²) < 4.78 is 10.2. The molecule has 4 heteroatoms. The van der Waals surface area contributed by atoms with Crippen LogP contribution in [0.1, 0.15) is 5.56 Å². The molecular formula is C10H11NO3. The average molecular weight is 193 g/mol. The van der Waals surface area contributed by atoms with E-state index in [1.165, 1.54) is 7.11 Å². The van der Waals surface area contributed by atoms with Crippen LogP contribution in [0.25, 0.3) is 0 Å². The Kier molecular flexibility index (Phi) is 2.26. The first kappa shape index (κ1) is 8.87. The van der Waals surface area contributed by atoms with Gasteiger partial charge >= 0.3 is 0 Å². The predicted octanol–water partition coefficient (Wildman–Crippen LogP) is 1.18. The average Bonchev–Trinajstić information content (AvgIpc) is 2.71. The van der Waals surface area contributed by atoms with Gasteiger partial charge in [-0.15, -0.1) is 0 Å². The molecule has 0 spiro atoms.